The van der Waals surface area contributed by atoms with Crippen LogP contribution in [0.15, 0.2) is 35.2 Å². The molecule has 4 fully saturated rings. The molecule has 0 aromatic heterocycles. The largest absolute Gasteiger partial charge is 0.350 e. The smallest absolute Gasteiger partial charge is 0.233 e. The van der Waals surface area contributed by atoms with Crippen LogP contribution in [0.1, 0.15) is 45.4 Å². The summed E-state index contributed by atoms with van der Waals surface area (Å²) in [6, 6.07) is 10.3. The molecule has 118 valence electrons. The number of amides is 1. The molecule has 0 radical (unpaired) electrons. The first-order chi connectivity index (χ1) is 10.6. The van der Waals surface area contributed by atoms with Crippen molar-refractivity contribution >= 4 is 17.7 Å². The minimum Gasteiger partial charge on any atom is -0.350 e. The van der Waals surface area contributed by atoms with Gasteiger partial charge in [-0.25, -0.2) is 0 Å². The van der Waals surface area contributed by atoms with E-state index in [1.807, 2.05) is 25.1 Å². The van der Waals surface area contributed by atoms with Crippen molar-refractivity contribution in [3.8, 4) is 0 Å². The van der Waals surface area contributed by atoms with Crippen LogP contribution in [0.25, 0.3) is 0 Å². The second-order valence-corrected chi connectivity index (χ2v) is 9.17. The van der Waals surface area contributed by atoms with Crippen molar-refractivity contribution in [2.75, 3.05) is 0 Å². The predicted octanol–water partition coefficient (Wildman–Crippen LogP) is 4.25. The molecule has 0 saturated heterocycles. The summed E-state index contributed by atoms with van der Waals surface area (Å²) < 4.78 is 0. The molecule has 4 bridgehead atoms. The molecule has 0 aliphatic heterocycles. The lowest BCUT2D eigenvalue weighted by atomic mass is 9.53. The highest BCUT2D eigenvalue weighted by Gasteiger charge is 2.51. The minimum atomic E-state index is -0.0181. The van der Waals surface area contributed by atoms with E-state index in [1.54, 1.807) is 11.8 Å². The summed E-state index contributed by atoms with van der Waals surface area (Å²) in [6.45, 7) is 2.04. The molecule has 0 unspecified atom stereocenters. The molecule has 1 atom stereocenters. The van der Waals surface area contributed by atoms with E-state index < -0.39 is 0 Å². The van der Waals surface area contributed by atoms with Gasteiger partial charge in [-0.15, -0.1) is 11.8 Å². The Morgan fingerprint density at radius 3 is 2.18 bits per heavy atom. The van der Waals surface area contributed by atoms with E-state index in [1.165, 1.54) is 43.4 Å². The van der Waals surface area contributed by atoms with E-state index in [0.29, 0.717) is 0 Å². The summed E-state index contributed by atoms with van der Waals surface area (Å²) in [5, 5.41) is 3.47. The van der Waals surface area contributed by atoms with Crippen molar-refractivity contribution in [3.05, 3.63) is 30.3 Å². The topological polar surface area (TPSA) is 29.1 Å². The van der Waals surface area contributed by atoms with Crippen molar-refractivity contribution in [3.63, 3.8) is 0 Å². The summed E-state index contributed by atoms with van der Waals surface area (Å²) >= 11 is 1.67. The lowest BCUT2D eigenvalue weighted by Crippen LogP contribution is -2.60. The van der Waals surface area contributed by atoms with Crippen LogP contribution in [-0.4, -0.2) is 16.7 Å². The molecule has 4 saturated carbocycles. The van der Waals surface area contributed by atoms with Crippen molar-refractivity contribution in [1.82, 2.24) is 5.32 Å². The quantitative estimate of drug-likeness (QED) is 0.842. The Kier molecular flexibility index (Phi) is 3.72. The molecule has 22 heavy (non-hydrogen) atoms. The van der Waals surface area contributed by atoms with Gasteiger partial charge in [0, 0.05) is 10.4 Å². The van der Waals surface area contributed by atoms with Gasteiger partial charge in [-0.2, -0.15) is 0 Å². The van der Waals surface area contributed by atoms with E-state index in [2.05, 4.69) is 17.4 Å². The highest BCUT2D eigenvalue weighted by molar-refractivity contribution is 8.00. The molecule has 1 amide bonds. The zero-order valence-electron chi connectivity index (χ0n) is 13.3. The predicted molar refractivity (Wildman–Crippen MR) is 90.8 cm³/mol. The third-order valence-electron chi connectivity index (χ3n) is 5.85. The molecule has 2 nitrogen and oxygen atoms in total. The number of nitrogens with one attached hydrogen (secondary N) is 1. The maximum Gasteiger partial charge on any atom is 0.233 e. The zero-order valence-corrected chi connectivity index (χ0v) is 14.1. The summed E-state index contributed by atoms with van der Waals surface area (Å²) in [4.78, 5) is 13.9. The van der Waals surface area contributed by atoms with Gasteiger partial charge in [-0.05, 0) is 75.3 Å². The fraction of sp³-hybridized carbons (Fsp3) is 0.632. The lowest BCUT2D eigenvalue weighted by molar-refractivity contribution is -0.126. The second kappa shape index (κ2) is 5.59. The van der Waals surface area contributed by atoms with Crippen LogP contribution in [0.4, 0.5) is 0 Å². The Morgan fingerprint density at radius 1 is 1.09 bits per heavy atom. The Hall–Kier alpha value is -0.960. The number of hydrogen-bond acceptors (Lipinski definition) is 2. The number of carbonyl (C=O) groups is 1. The molecule has 0 spiro atoms. The molecule has 1 aromatic rings. The fourth-order valence-corrected chi connectivity index (χ4v) is 6.27. The summed E-state index contributed by atoms with van der Waals surface area (Å²) in [5.74, 6) is 2.87. The number of thioether (sulfide) groups is 1. The van der Waals surface area contributed by atoms with Gasteiger partial charge in [-0.3, -0.25) is 4.79 Å². The standard InChI is InChI=1S/C19H25NOS/c1-13(22-17-5-3-2-4-6-17)18(21)20-19-10-14-7-15(11-19)9-16(8-14)12-19/h2-6,13-16H,7-12H2,1H3,(H,20,21)/t13-,14?,15?,16?,19?/m0/s1. The molecular formula is C19H25NOS. The van der Waals surface area contributed by atoms with E-state index in [-0.39, 0.29) is 16.7 Å². The highest BCUT2D eigenvalue weighted by Crippen LogP contribution is 2.55. The van der Waals surface area contributed by atoms with Gasteiger partial charge in [0.2, 0.25) is 5.91 Å². The van der Waals surface area contributed by atoms with Crippen molar-refractivity contribution in [2.24, 2.45) is 17.8 Å². The highest BCUT2D eigenvalue weighted by atomic mass is 32.2. The third kappa shape index (κ3) is 2.80. The summed E-state index contributed by atoms with van der Waals surface area (Å²) in [6.07, 6.45) is 7.95. The van der Waals surface area contributed by atoms with E-state index in [9.17, 15) is 4.79 Å². The first-order valence-electron chi connectivity index (χ1n) is 8.66. The lowest BCUT2D eigenvalue weighted by Gasteiger charge is -2.57. The Labute approximate surface area is 137 Å². The maximum absolute atomic E-state index is 12.7. The van der Waals surface area contributed by atoms with Gasteiger partial charge < -0.3 is 5.32 Å². The average molecular weight is 315 g/mol. The zero-order chi connectivity index (χ0) is 15.2. The van der Waals surface area contributed by atoms with Crippen molar-refractivity contribution in [1.29, 1.82) is 0 Å². The normalized spacial score (nSPS) is 37.0. The number of hydrogen-bond donors (Lipinski definition) is 1. The first kappa shape index (κ1) is 14.6. The summed E-state index contributed by atoms with van der Waals surface area (Å²) in [7, 11) is 0. The fourth-order valence-electron chi connectivity index (χ4n) is 5.38. The van der Waals surface area contributed by atoms with Crippen LogP contribution in [0.5, 0.6) is 0 Å². The number of carbonyl (C=O) groups excluding carboxylic acids is 1. The van der Waals surface area contributed by atoms with Crippen molar-refractivity contribution < 1.29 is 4.79 Å². The van der Waals surface area contributed by atoms with Gasteiger partial charge in [0.25, 0.3) is 0 Å². The molecule has 5 rings (SSSR count). The van der Waals surface area contributed by atoms with Gasteiger partial charge in [-0.1, -0.05) is 18.2 Å². The van der Waals surface area contributed by atoms with Crippen LogP contribution in [-0.2, 0) is 4.79 Å². The SMILES string of the molecule is C[C@H](Sc1ccccc1)C(=O)NC12CC3CC(CC(C3)C1)C2. The van der Waals surface area contributed by atoms with E-state index >= 15 is 0 Å². The molecule has 3 heteroatoms. The Morgan fingerprint density at radius 2 is 1.64 bits per heavy atom. The minimum absolute atomic E-state index is 0.0181. The maximum atomic E-state index is 12.7. The number of benzene rings is 1. The first-order valence-corrected chi connectivity index (χ1v) is 9.54. The van der Waals surface area contributed by atoms with Crippen LogP contribution in [0, 0.1) is 17.8 Å². The molecule has 4 aliphatic rings. The van der Waals surface area contributed by atoms with Crippen LogP contribution < -0.4 is 5.32 Å². The molecular weight excluding hydrogens is 290 g/mol. The van der Waals surface area contributed by atoms with Gasteiger partial charge in [0.15, 0.2) is 0 Å². The molecule has 4 aliphatic carbocycles. The van der Waals surface area contributed by atoms with Gasteiger partial charge in [0.05, 0.1) is 5.25 Å². The molecule has 0 heterocycles. The van der Waals surface area contributed by atoms with E-state index in [4.69, 9.17) is 0 Å². The van der Waals surface area contributed by atoms with Gasteiger partial charge >= 0.3 is 0 Å². The number of rotatable bonds is 4. The van der Waals surface area contributed by atoms with Gasteiger partial charge in [0.1, 0.15) is 0 Å². The van der Waals surface area contributed by atoms with E-state index in [0.717, 1.165) is 17.8 Å². The van der Waals surface area contributed by atoms with Crippen molar-refractivity contribution in [2.45, 2.75) is 61.1 Å². The van der Waals surface area contributed by atoms with Crippen LogP contribution >= 0.6 is 11.8 Å². The Balaban J connectivity index is 1.41. The Bertz CT molecular complexity index is 521. The molecule has 1 aromatic carbocycles. The average Bonchev–Trinajstić information content (AvgIpc) is 2.46. The summed E-state index contributed by atoms with van der Waals surface area (Å²) in [5.41, 5.74) is 0.136. The van der Waals surface area contributed by atoms with Crippen LogP contribution in [0.3, 0.4) is 0 Å². The third-order valence-corrected chi connectivity index (χ3v) is 6.96. The second-order valence-electron chi connectivity index (χ2n) is 7.76. The molecule has 1 N–H and O–H groups in total. The monoisotopic (exact) mass is 315 g/mol. The van der Waals surface area contributed by atoms with Crippen LogP contribution in [0.2, 0.25) is 0 Å².